The summed E-state index contributed by atoms with van der Waals surface area (Å²) in [4.78, 5) is 28.9. The largest absolute Gasteiger partial charge is 0.354 e. The number of aliphatic imine (C=N–C) groups is 1. The number of amides is 4. The maximum absolute atomic E-state index is 11.3. The molecule has 1 heterocycles. The number of likely N-dealkylation sites (N-methyl/N-ethyl adjacent to an activating group) is 2. The fourth-order valence-corrected chi connectivity index (χ4v) is 1.28. The summed E-state index contributed by atoms with van der Waals surface area (Å²) in [5, 5.41) is 2.44. The normalized spacial score (nSPS) is 20.3. The monoisotopic (exact) mass is 214 g/mol. The number of rotatable bonds is 1. The van der Waals surface area contributed by atoms with Crippen LogP contribution in [0.5, 0.6) is 0 Å². The van der Waals surface area contributed by atoms with Crippen molar-refractivity contribution in [2.45, 2.75) is 6.23 Å². The molecule has 7 nitrogen and oxygen atoms in total. The number of ether oxygens (including phenoxy) is 1. The average Bonchev–Trinajstić information content (AvgIpc) is 2.53. The van der Waals surface area contributed by atoms with Crippen molar-refractivity contribution in [3.63, 3.8) is 0 Å². The van der Waals surface area contributed by atoms with Gasteiger partial charge >= 0.3 is 12.1 Å². The van der Waals surface area contributed by atoms with E-state index in [1.54, 1.807) is 7.05 Å². The molecule has 0 aromatic carbocycles. The van der Waals surface area contributed by atoms with Crippen molar-refractivity contribution < 1.29 is 14.3 Å². The molecule has 0 spiro atoms. The highest BCUT2D eigenvalue weighted by Gasteiger charge is 2.35. The van der Waals surface area contributed by atoms with E-state index in [1.807, 2.05) is 0 Å². The standard InChI is InChI=1S/C8H14N4O3/c1-9-7(13)11(2)5-6(15-4)12(3)8(14)10-5/h6H,1-4H3,(H,9,13)/t6-/m1/s1. The minimum absolute atomic E-state index is 0.282. The highest BCUT2D eigenvalue weighted by Crippen LogP contribution is 2.13. The van der Waals surface area contributed by atoms with E-state index in [0.29, 0.717) is 0 Å². The van der Waals surface area contributed by atoms with Gasteiger partial charge in [-0.1, -0.05) is 0 Å². The van der Waals surface area contributed by atoms with Gasteiger partial charge in [-0.15, -0.1) is 0 Å². The van der Waals surface area contributed by atoms with E-state index in [9.17, 15) is 9.59 Å². The Morgan fingerprint density at radius 2 is 2.27 bits per heavy atom. The molecule has 1 aliphatic heterocycles. The van der Waals surface area contributed by atoms with Crippen LogP contribution in [0.4, 0.5) is 9.59 Å². The third-order valence-electron chi connectivity index (χ3n) is 2.17. The van der Waals surface area contributed by atoms with E-state index < -0.39 is 12.3 Å². The van der Waals surface area contributed by atoms with Gasteiger partial charge in [0.2, 0.25) is 0 Å². The highest BCUT2D eigenvalue weighted by atomic mass is 16.5. The molecule has 0 fully saturated rings. The lowest BCUT2D eigenvalue weighted by Gasteiger charge is -2.23. The van der Waals surface area contributed by atoms with Gasteiger partial charge in [0.25, 0.3) is 0 Å². The second-order valence-electron chi connectivity index (χ2n) is 3.07. The summed E-state index contributed by atoms with van der Waals surface area (Å²) in [5.74, 6) is 0.282. The van der Waals surface area contributed by atoms with Gasteiger partial charge in [0.1, 0.15) is 0 Å². The van der Waals surface area contributed by atoms with Crippen LogP contribution in [-0.4, -0.2) is 62.2 Å². The van der Waals surface area contributed by atoms with Gasteiger partial charge in [-0.2, -0.15) is 4.99 Å². The van der Waals surface area contributed by atoms with Crippen molar-refractivity contribution in [3.05, 3.63) is 0 Å². The summed E-state index contributed by atoms with van der Waals surface area (Å²) in [6.45, 7) is 0. The van der Waals surface area contributed by atoms with Crippen LogP contribution >= 0.6 is 0 Å². The number of carbonyl (C=O) groups is 2. The summed E-state index contributed by atoms with van der Waals surface area (Å²) >= 11 is 0. The second kappa shape index (κ2) is 4.26. The van der Waals surface area contributed by atoms with E-state index in [4.69, 9.17) is 4.74 Å². The first-order valence-corrected chi connectivity index (χ1v) is 4.36. The molecule has 0 aromatic rings. The zero-order valence-electron chi connectivity index (χ0n) is 9.14. The van der Waals surface area contributed by atoms with Crippen LogP contribution in [0, 0.1) is 0 Å². The number of methoxy groups -OCH3 is 1. The quantitative estimate of drug-likeness (QED) is 0.650. The molecule has 1 rings (SSSR count). The number of nitrogens with one attached hydrogen (secondary N) is 1. The van der Waals surface area contributed by atoms with Crippen LogP contribution in [0.15, 0.2) is 4.99 Å². The molecular weight excluding hydrogens is 200 g/mol. The Morgan fingerprint density at radius 1 is 1.67 bits per heavy atom. The molecule has 1 aliphatic rings. The van der Waals surface area contributed by atoms with Crippen molar-refractivity contribution in [3.8, 4) is 0 Å². The molecule has 0 aromatic heterocycles. The molecule has 0 saturated carbocycles. The Morgan fingerprint density at radius 3 is 2.73 bits per heavy atom. The number of hydrogen-bond donors (Lipinski definition) is 1. The zero-order chi connectivity index (χ0) is 11.6. The first-order chi connectivity index (χ1) is 7.02. The Kier molecular flexibility index (Phi) is 3.25. The molecule has 7 heteroatoms. The van der Waals surface area contributed by atoms with E-state index in [1.165, 1.54) is 31.0 Å². The molecule has 1 N–H and O–H groups in total. The third kappa shape index (κ3) is 1.91. The molecule has 0 bridgehead atoms. The molecule has 1 atom stereocenters. The van der Waals surface area contributed by atoms with Crippen molar-refractivity contribution >= 4 is 17.9 Å². The van der Waals surface area contributed by atoms with Crippen molar-refractivity contribution in [2.24, 2.45) is 4.99 Å². The van der Waals surface area contributed by atoms with Crippen LogP contribution in [-0.2, 0) is 4.74 Å². The summed E-state index contributed by atoms with van der Waals surface area (Å²) in [5.41, 5.74) is 0. The van der Waals surface area contributed by atoms with Gasteiger partial charge in [-0.25, -0.2) is 9.59 Å². The van der Waals surface area contributed by atoms with Gasteiger partial charge in [-0.3, -0.25) is 9.80 Å². The smallest absolute Gasteiger partial charge is 0.347 e. The number of carbonyl (C=O) groups excluding carboxylic acids is 2. The van der Waals surface area contributed by atoms with Crippen LogP contribution in [0.3, 0.4) is 0 Å². The molecule has 4 amide bonds. The van der Waals surface area contributed by atoms with Gasteiger partial charge in [0.05, 0.1) is 0 Å². The van der Waals surface area contributed by atoms with Crippen LogP contribution in [0.25, 0.3) is 0 Å². The summed E-state index contributed by atoms with van der Waals surface area (Å²) in [6, 6.07) is -0.772. The highest BCUT2D eigenvalue weighted by molar-refractivity contribution is 6.08. The molecule has 0 unspecified atom stereocenters. The molecule has 0 saturated heterocycles. The minimum atomic E-state index is -0.611. The Hall–Kier alpha value is -1.63. The van der Waals surface area contributed by atoms with Crippen molar-refractivity contribution in [1.82, 2.24) is 15.1 Å². The SMILES string of the molecule is CNC(=O)N(C)C1=NC(=O)N(C)[C@@H]1OC. The van der Waals surface area contributed by atoms with Crippen LogP contribution in [0.1, 0.15) is 0 Å². The lowest BCUT2D eigenvalue weighted by Crippen LogP contribution is -2.47. The molecular formula is C8H14N4O3. The number of amidine groups is 1. The lowest BCUT2D eigenvalue weighted by molar-refractivity contribution is 0.0591. The van der Waals surface area contributed by atoms with Gasteiger partial charge in [-0.05, 0) is 0 Å². The molecule has 15 heavy (non-hydrogen) atoms. The number of nitrogens with zero attached hydrogens (tertiary/aromatic N) is 3. The van der Waals surface area contributed by atoms with E-state index in [0.717, 1.165) is 0 Å². The molecule has 0 radical (unpaired) electrons. The van der Waals surface area contributed by atoms with Gasteiger partial charge in [0.15, 0.2) is 12.1 Å². The fourth-order valence-electron chi connectivity index (χ4n) is 1.28. The first kappa shape index (κ1) is 11.4. The Balaban J connectivity index is 2.89. The second-order valence-corrected chi connectivity index (χ2v) is 3.07. The fraction of sp³-hybridized carbons (Fsp3) is 0.625. The van der Waals surface area contributed by atoms with E-state index >= 15 is 0 Å². The maximum Gasteiger partial charge on any atom is 0.347 e. The Bertz CT molecular complexity index is 315. The maximum atomic E-state index is 11.3. The summed E-state index contributed by atoms with van der Waals surface area (Å²) in [6.07, 6.45) is -0.611. The van der Waals surface area contributed by atoms with Gasteiger partial charge in [0, 0.05) is 28.3 Å². The Labute approximate surface area is 87.7 Å². The van der Waals surface area contributed by atoms with Gasteiger partial charge < -0.3 is 10.1 Å². The average molecular weight is 214 g/mol. The number of urea groups is 2. The zero-order valence-corrected chi connectivity index (χ0v) is 9.14. The minimum Gasteiger partial charge on any atom is -0.354 e. The predicted octanol–water partition coefficient (Wildman–Crippen LogP) is -0.306. The van der Waals surface area contributed by atoms with Crippen LogP contribution < -0.4 is 5.32 Å². The van der Waals surface area contributed by atoms with Crippen molar-refractivity contribution in [2.75, 3.05) is 28.3 Å². The first-order valence-electron chi connectivity index (χ1n) is 4.36. The predicted molar refractivity (Wildman–Crippen MR) is 53.6 cm³/mol. The summed E-state index contributed by atoms with van der Waals surface area (Å²) in [7, 11) is 6.04. The topological polar surface area (TPSA) is 74.2 Å². The molecule has 0 aliphatic carbocycles. The van der Waals surface area contributed by atoms with E-state index in [2.05, 4.69) is 10.3 Å². The number of hydrogen-bond acceptors (Lipinski definition) is 3. The third-order valence-corrected chi connectivity index (χ3v) is 2.17. The molecule has 84 valence electrons. The van der Waals surface area contributed by atoms with Crippen molar-refractivity contribution in [1.29, 1.82) is 0 Å². The van der Waals surface area contributed by atoms with E-state index in [-0.39, 0.29) is 11.9 Å². The lowest BCUT2D eigenvalue weighted by atomic mass is 10.4. The van der Waals surface area contributed by atoms with Crippen LogP contribution in [0.2, 0.25) is 0 Å². The summed E-state index contributed by atoms with van der Waals surface area (Å²) < 4.78 is 5.07.